The number of hydrogen-bond acceptors (Lipinski definition) is 2. The number of fused-ring (bicyclic) bond motifs is 1. The van der Waals surface area contributed by atoms with Crippen molar-refractivity contribution in [1.82, 2.24) is 14.9 Å². The van der Waals surface area contributed by atoms with E-state index < -0.39 is 0 Å². The second-order valence-electron chi connectivity index (χ2n) is 5.23. The van der Waals surface area contributed by atoms with Gasteiger partial charge in [0.1, 0.15) is 5.82 Å². The Bertz CT molecular complexity index is 550. The minimum Gasteiger partial charge on any atom is -0.331 e. The Morgan fingerprint density at radius 2 is 2.11 bits per heavy atom. The van der Waals surface area contributed by atoms with Gasteiger partial charge in [-0.3, -0.25) is 0 Å². The molecule has 0 bridgehead atoms. The molecule has 1 aromatic carbocycles. The van der Waals surface area contributed by atoms with Crippen LogP contribution >= 0.6 is 0 Å². The molecule has 3 heteroatoms. The molecule has 0 spiro atoms. The molecule has 0 atom stereocenters. The summed E-state index contributed by atoms with van der Waals surface area (Å²) in [5.41, 5.74) is 3.81. The molecule has 1 saturated heterocycles. The van der Waals surface area contributed by atoms with E-state index in [-0.39, 0.29) is 0 Å². The molecule has 1 N–H and O–H groups in total. The fourth-order valence-corrected chi connectivity index (χ4v) is 2.92. The second kappa shape index (κ2) is 4.73. The minimum atomic E-state index is 0.619. The van der Waals surface area contributed by atoms with Crippen molar-refractivity contribution in [2.24, 2.45) is 7.05 Å². The molecule has 0 saturated carbocycles. The number of piperidine rings is 1. The summed E-state index contributed by atoms with van der Waals surface area (Å²) >= 11 is 0. The highest BCUT2D eigenvalue weighted by molar-refractivity contribution is 5.77. The van der Waals surface area contributed by atoms with Crippen molar-refractivity contribution in [1.29, 1.82) is 0 Å². The van der Waals surface area contributed by atoms with Crippen molar-refractivity contribution in [3.63, 3.8) is 0 Å². The molecule has 0 unspecified atom stereocenters. The van der Waals surface area contributed by atoms with Gasteiger partial charge in [-0.15, -0.1) is 0 Å². The van der Waals surface area contributed by atoms with Gasteiger partial charge >= 0.3 is 0 Å². The summed E-state index contributed by atoms with van der Waals surface area (Å²) in [6.45, 7) is 4.44. The van der Waals surface area contributed by atoms with E-state index in [1.165, 1.54) is 29.7 Å². The van der Waals surface area contributed by atoms with Crippen molar-refractivity contribution < 1.29 is 0 Å². The standard InChI is InChI=1S/C15H21N3/c1-3-11-4-5-13-14(10-11)18(2)15(17-13)12-6-8-16-9-7-12/h4-5,10,12,16H,3,6-9H2,1-2H3. The second-order valence-corrected chi connectivity index (χ2v) is 5.23. The number of nitrogens with one attached hydrogen (secondary N) is 1. The van der Waals surface area contributed by atoms with Crippen molar-refractivity contribution in [3.8, 4) is 0 Å². The van der Waals surface area contributed by atoms with E-state index in [0.717, 1.165) is 25.0 Å². The van der Waals surface area contributed by atoms with Crippen LogP contribution in [0.5, 0.6) is 0 Å². The van der Waals surface area contributed by atoms with E-state index in [2.05, 4.69) is 42.1 Å². The van der Waals surface area contributed by atoms with E-state index in [9.17, 15) is 0 Å². The lowest BCUT2D eigenvalue weighted by molar-refractivity contribution is 0.438. The smallest absolute Gasteiger partial charge is 0.112 e. The van der Waals surface area contributed by atoms with Gasteiger partial charge in [-0.1, -0.05) is 13.0 Å². The Morgan fingerprint density at radius 1 is 1.33 bits per heavy atom. The maximum absolute atomic E-state index is 4.85. The number of rotatable bonds is 2. The molecule has 0 amide bonds. The zero-order valence-corrected chi connectivity index (χ0v) is 11.2. The van der Waals surface area contributed by atoms with E-state index >= 15 is 0 Å². The lowest BCUT2D eigenvalue weighted by Crippen LogP contribution is -2.27. The largest absolute Gasteiger partial charge is 0.331 e. The number of nitrogens with zero attached hydrogens (tertiary/aromatic N) is 2. The summed E-state index contributed by atoms with van der Waals surface area (Å²) in [4.78, 5) is 4.85. The van der Waals surface area contributed by atoms with Crippen molar-refractivity contribution >= 4 is 11.0 Å². The van der Waals surface area contributed by atoms with Crippen LogP contribution in [-0.4, -0.2) is 22.6 Å². The van der Waals surface area contributed by atoms with Gasteiger partial charge in [0.25, 0.3) is 0 Å². The average Bonchev–Trinajstić information content (AvgIpc) is 2.77. The summed E-state index contributed by atoms with van der Waals surface area (Å²) in [6.07, 6.45) is 3.50. The molecule has 1 fully saturated rings. The fourth-order valence-electron chi connectivity index (χ4n) is 2.92. The van der Waals surface area contributed by atoms with Crippen molar-refractivity contribution in [3.05, 3.63) is 29.6 Å². The summed E-state index contributed by atoms with van der Waals surface area (Å²) in [5, 5.41) is 3.42. The maximum Gasteiger partial charge on any atom is 0.112 e. The summed E-state index contributed by atoms with van der Waals surface area (Å²) in [6, 6.07) is 6.65. The third-order valence-corrected chi connectivity index (χ3v) is 4.09. The molecule has 1 aliphatic rings. The lowest BCUT2D eigenvalue weighted by atomic mass is 9.97. The molecular formula is C15H21N3. The molecule has 3 nitrogen and oxygen atoms in total. The van der Waals surface area contributed by atoms with E-state index in [1.807, 2.05) is 0 Å². The van der Waals surface area contributed by atoms with Crippen molar-refractivity contribution in [2.75, 3.05) is 13.1 Å². The number of benzene rings is 1. The van der Waals surface area contributed by atoms with Gasteiger partial charge in [-0.05, 0) is 50.0 Å². The van der Waals surface area contributed by atoms with Gasteiger partial charge in [-0.2, -0.15) is 0 Å². The van der Waals surface area contributed by atoms with Crippen LogP contribution in [0.2, 0.25) is 0 Å². The highest BCUT2D eigenvalue weighted by atomic mass is 15.1. The molecule has 3 rings (SSSR count). The quantitative estimate of drug-likeness (QED) is 0.878. The maximum atomic E-state index is 4.85. The van der Waals surface area contributed by atoms with Crippen LogP contribution in [0.15, 0.2) is 18.2 Å². The zero-order chi connectivity index (χ0) is 12.5. The Balaban J connectivity index is 2.04. The van der Waals surface area contributed by atoms with Crippen molar-refractivity contribution in [2.45, 2.75) is 32.1 Å². The summed E-state index contributed by atoms with van der Waals surface area (Å²) < 4.78 is 2.30. The highest BCUT2D eigenvalue weighted by Crippen LogP contribution is 2.27. The normalized spacial score (nSPS) is 17.4. The number of aryl methyl sites for hydroxylation is 2. The van der Waals surface area contributed by atoms with Gasteiger partial charge in [-0.25, -0.2) is 4.98 Å². The molecule has 1 aromatic heterocycles. The number of hydrogen-bond donors (Lipinski definition) is 1. The van der Waals surface area contributed by atoms with Crippen LogP contribution < -0.4 is 5.32 Å². The zero-order valence-electron chi connectivity index (χ0n) is 11.2. The molecule has 2 aromatic rings. The van der Waals surface area contributed by atoms with E-state index in [4.69, 9.17) is 4.98 Å². The summed E-state index contributed by atoms with van der Waals surface area (Å²) in [5.74, 6) is 1.88. The first-order valence-electron chi connectivity index (χ1n) is 6.95. The first kappa shape index (κ1) is 11.7. The van der Waals surface area contributed by atoms with Gasteiger partial charge in [0.05, 0.1) is 11.0 Å². The Labute approximate surface area is 108 Å². The monoisotopic (exact) mass is 243 g/mol. The molecule has 1 aliphatic heterocycles. The van der Waals surface area contributed by atoms with Gasteiger partial charge in [0, 0.05) is 13.0 Å². The molecular weight excluding hydrogens is 222 g/mol. The predicted octanol–water partition coefficient (Wildman–Crippen LogP) is 2.60. The van der Waals surface area contributed by atoms with Crippen LogP contribution in [0.3, 0.4) is 0 Å². The van der Waals surface area contributed by atoms with Crippen LogP contribution in [0.25, 0.3) is 11.0 Å². The topological polar surface area (TPSA) is 29.9 Å². The fraction of sp³-hybridized carbons (Fsp3) is 0.533. The van der Waals surface area contributed by atoms with Crippen LogP contribution in [0, 0.1) is 0 Å². The van der Waals surface area contributed by atoms with E-state index in [0.29, 0.717) is 5.92 Å². The lowest BCUT2D eigenvalue weighted by Gasteiger charge is -2.22. The van der Waals surface area contributed by atoms with Crippen LogP contribution in [-0.2, 0) is 13.5 Å². The molecule has 18 heavy (non-hydrogen) atoms. The molecule has 2 heterocycles. The first-order chi connectivity index (χ1) is 8.79. The first-order valence-corrected chi connectivity index (χ1v) is 6.95. The highest BCUT2D eigenvalue weighted by Gasteiger charge is 2.20. The Morgan fingerprint density at radius 3 is 2.83 bits per heavy atom. The molecule has 0 aliphatic carbocycles. The molecule has 0 radical (unpaired) electrons. The summed E-state index contributed by atoms with van der Waals surface area (Å²) in [7, 11) is 2.16. The number of aromatic nitrogens is 2. The van der Waals surface area contributed by atoms with Crippen LogP contribution in [0.1, 0.15) is 37.1 Å². The minimum absolute atomic E-state index is 0.619. The average molecular weight is 243 g/mol. The molecule has 96 valence electrons. The SMILES string of the molecule is CCc1ccc2nc(C3CCNCC3)n(C)c2c1. The van der Waals surface area contributed by atoms with Gasteiger partial charge in [0.2, 0.25) is 0 Å². The van der Waals surface area contributed by atoms with Gasteiger partial charge in [0.15, 0.2) is 0 Å². The third kappa shape index (κ3) is 1.93. The third-order valence-electron chi connectivity index (χ3n) is 4.09. The Hall–Kier alpha value is -1.35. The van der Waals surface area contributed by atoms with Gasteiger partial charge < -0.3 is 9.88 Å². The predicted molar refractivity (Wildman–Crippen MR) is 74.9 cm³/mol. The number of imidazole rings is 1. The Kier molecular flexibility index (Phi) is 3.08. The van der Waals surface area contributed by atoms with E-state index in [1.54, 1.807) is 0 Å². The van der Waals surface area contributed by atoms with Crippen LogP contribution in [0.4, 0.5) is 0 Å².